The number of rotatable bonds is 6. The molecule has 0 radical (unpaired) electrons. The Morgan fingerprint density at radius 2 is 1.73 bits per heavy atom. The summed E-state index contributed by atoms with van der Waals surface area (Å²) in [4.78, 5) is 10.8. The topological polar surface area (TPSA) is 95.4 Å². The third-order valence-corrected chi connectivity index (χ3v) is 12.1. The van der Waals surface area contributed by atoms with Gasteiger partial charge in [-0.05, 0) is 114 Å². The lowest BCUT2D eigenvalue weighted by Gasteiger charge is -2.51. The van der Waals surface area contributed by atoms with Crippen molar-refractivity contribution in [3.63, 3.8) is 0 Å². The van der Waals surface area contributed by atoms with Gasteiger partial charge in [-0.1, -0.05) is 13.8 Å². The van der Waals surface area contributed by atoms with Crippen LogP contribution >= 0.6 is 0 Å². The van der Waals surface area contributed by atoms with Crippen molar-refractivity contribution in [3.05, 3.63) is 41.2 Å². The number of aryl methyl sites for hydroxylation is 1. The van der Waals surface area contributed by atoms with E-state index < -0.39 is 33.1 Å². The van der Waals surface area contributed by atoms with Crippen LogP contribution in [0.4, 0.5) is 24.8 Å². The largest absolute Gasteiger partial charge is 0.419 e. The summed E-state index contributed by atoms with van der Waals surface area (Å²) >= 11 is 0. The summed E-state index contributed by atoms with van der Waals surface area (Å²) in [5.74, 6) is -0.402. The van der Waals surface area contributed by atoms with Gasteiger partial charge in [0, 0.05) is 17.8 Å². The van der Waals surface area contributed by atoms with E-state index in [1.54, 1.807) is 25.1 Å². The number of aromatic nitrogens is 2. The Morgan fingerprint density at radius 3 is 2.29 bits per heavy atom. The Balaban J connectivity index is 1.32. The molecule has 0 bridgehead atoms. The maximum absolute atomic E-state index is 13.9. The molecule has 0 amide bonds. The van der Waals surface area contributed by atoms with Crippen molar-refractivity contribution in [3.8, 4) is 0 Å². The van der Waals surface area contributed by atoms with Crippen molar-refractivity contribution >= 4 is 21.5 Å². The van der Waals surface area contributed by atoms with Crippen molar-refractivity contribution < 1.29 is 26.7 Å². The number of halogens is 3. The van der Waals surface area contributed by atoms with E-state index in [0.717, 1.165) is 32.1 Å². The molecule has 1 aromatic carbocycles. The van der Waals surface area contributed by atoms with Crippen molar-refractivity contribution in [2.45, 2.75) is 100.0 Å². The molecule has 2 aliphatic carbocycles. The fourth-order valence-corrected chi connectivity index (χ4v) is 8.98. The van der Waals surface area contributed by atoms with E-state index in [-0.39, 0.29) is 33.1 Å². The predicted molar refractivity (Wildman–Crippen MR) is 152 cm³/mol. The van der Waals surface area contributed by atoms with Gasteiger partial charge in [0.15, 0.2) is 9.84 Å². The van der Waals surface area contributed by atoms with Crippen molar-refractivity contribution in [2.24, 2.45) is 11.3 Å². The van der Waals surface area contributed by atoms with E-state index in [1.165, 1.54) is 0 Å². The number of sulfone groups is 1. The van der Waals surface area contributed by atoms with E-state index in [0.29, 0.717) is 49.8 Å². The number of hydrogen-bond donors (Lipinski definition) is 2. The van der Waals surface area contributed by atoms with Crippen LogP contribution in [-0.4, -0.2) is 59.4 Å². The first-order chi connectivity index (χ1) is 19.1. The molecular weight excluding hydrogens is 553 g/mol. The first kappa shape index (κ1) is 30.2. The Kier molecular flexibility index (Phi) is 7.96. The van der Waals surface area contributed by atoms with Crippen molar-refractivity contribution in [2.75, 3.05) is 25.5 Å². The summed E-state index contributed by atoms with van der Waals surface area (Å²) in [5, 5.41) is 13.5. The van der Waals surface area contributed by atoms with Gasteiger partial charge in [0.25, 0.3) is 0 Å². The highest BCUT2D eigenvalue weighted by atomic mass is 32.2. The van der Waals surface area contributed by atoms with Gasteiger partial charge in [-0.25, -0.2) is 18.4 Å². The number of alkyl halides is 3. The Labute approximate surface area is 240 Å². The zero-order valence-corrected chi connectivity index (χ0v) is 25.1. The first-order valence-corrected chi connectivity index (χ1v) is 16.1. The van der Waals surface area contributed by atoms with E-state index >= 15 is 0 Å². The smallest absolute Gasteiger partial charge is 0.390 e. The summed E-state index contributed by atoms with van der Waals surface area (Å²) in [6, 6.07) is 4.82. The minimum Gasteiger partial charge on any atom is -0.390 e. The summed E-state index contributed by atoms with van der Waals surface area (Å²) in [6.07, 6.45) is 1.30. The number of anilines is 2. The number of likely N-dealkylation sites (tertiary alicyclic amines) is 1. The molecule has 1 aromatic heterocycles. The normalized spacial score (nSPS) is 25.8. The lowest BCUT2D eigenvalue weighted by molar-refractivity contribution is -0.139. The van der Waals surface area contributed by atoms with E-state index in [1.807, 2.05) is 13.8 Å². The predicted octanol–water partition coefficient (Wildman–Crippen LogP) is 6.24. The molecule has 2 saturated carbocycles. The number of aliphatic hydroxyl groups is 1. The Morgan fingerprint density at radius 1 is 1.10 bits per heavy atom. The van der Waals surface area contributed by atoms with Gasteiger partial charge in [0.2, 0.25) is 5.95 Å². The fourth-order valence-electron chi connectivity index (χ4n) is 6.85. The second-order valence-electron chi connectivity index (χ2n) is 13.0. The van der Waals surface area contributed by atoms with Crippen molar-refractivity contribution in [1.82, 2.24) is 14.9 Å². The quantitative estimate of drug-likeness (QED) is 0.409. The van der Waals surface area contributed by atoms with Crippen LogP contribution in [0, 0.1) is 18.3 Å². The third kappa shape index (κ3) is 5.99. The Bertz CT molecular complexity index is 1370. The van der Waals surface area contributed by atoms with Crippen molar-refractivity contribution in [1.29, 1.82) is 0 Å². The molecule has 0 atom stereocenters. The number of hydrogen-bond acceptors (Lipinski definition) is 7. The molecule has 41 heavy (non-hydrogen) atoms. The highest BCUT2D eigenvalue weighted by Crippen LogP contribution is 2.52. The molecule has 5 rings (SSSR count). The van der Waals surface area contributed by atoms with Gasteiger partial charge >= 0.3 is 6.18 Å². The molecule has 1 saturated heterocycles. The molecule has 1 aliphatic heterocycles. The molecule has 2 heterocycles. The van der Waals surface area contributed by atoms with Gasteiger partial charge < -0.3 is 15.3 Å². The van der Waals surface area contributed by atoms with Gasteiger partial charge in [0.05, 0.1) is 27.0 Å². The Hall–Kier alpha value is -2.24. The molecule has 226 valence electrons. The van der Waals surface area contributed by atoms with E-state index in [2.05, 4.69) is 27.2 Å². The lowest BCUT2D eigenvalue weighted by atomic mass is 9.63. The number of nitrogens with one attached hydrogen (secondary N) is 1. The highest BCUT2D eigenvalue weighted by molar-refractivity contribution is 7.92. The van der Waals surface area contributed by atoms with E-state index in [4.69, 9.17) is 0 Å². The minimum atomic E-state index is -4.60. The monoisotopic (exact) mass is 594 g/mol. The van der Waals surface area contributed by atoms with Crippen LogP contribution in [0.2, 0.25) is 0 Å². The highest BCUT2D eigenvalue weighted by Gasteiger charge is 2.50. The lowest BCUT2D eigenvalue weighted by Crippen LogP contribution is -2.50. The SMILES string of the molecule is Cc1cc(S(=O)(=O)C2CC3(CCN(C)CC3)C2)ccc1Nc1ncc(C(F)(F)F)c(C2CCC(O)(C(C)C)CC2)n1. The molecule has 1 spiro atoms. The average Bonchev–Trinajstić information content (AvgIpc) is 2.88. The summed E-state index contributed by atoms with van der Waals surface area (Å²) < 4.78 is 68.4. The van der Waals surface area contributed by atoms with Gasteiger partial charge in [-0.15, -0.1) is 0 Å². The third-order valence-electron chi connectivity index (χ3n) is 10.0. The minimum absolute atomic E-state index is 0.0163. The zero-order valence-electron chi connectivity index (χ0n) is 24.3. The second kappa shape index (κ2) is 10.8. The maximum Gasteiger partial charge on any atom is 0.419 e. The molecule has 3 aliphatic rings. The van der Waals surface area contributed by atoms with Gasteiger partial charge in [0.1, 0.15) is 0 Å². The summed E-state index contributed by atoms with van der Waals surface area (Å²) in [7, 11) is -1.39. The van der Waals surface area contributed by atoms with Crippen LogP contribution in [0.25, 0.3) is 0 Å². The first-order valence-electron chi connectivity index (χ1n) is 14.6. The number of benzene rings is 1. The molecule has 7 nitrogen and oxygen atoms in total. The number of piperidine rings is 1. The van der Waals surface area contributed by atoms with Crippen LogP contribution in [0.5, 0.6) is 0 Å². The number of nitrogens with zero attached hydrogens (tertiary/aromatic N) is 3. The molecule has 2 N–H and O–H groups in total. The van der Waals surface area contributed by atoms with Crippen LogP contribution < -0.4 is 5.32 Å². The molecule has 0 unspecified atom stereocenters. The standard InChI is InChI=1S/C30H41F3N4O3S/c1-19(2)29(38)9-7-21(8-10-29)26-24(30(31,32)33)18-34-27(36-26)35-25-6-5-22(15-20(25)3)41(39,40)23-16-28(17-23)11-13-37(4)14-12-28/h5-6,15,18-19,21,23,38H,7-14,16-17H2,1-4H3,(H,34,35,36). The van der Waals surface area contributed by atoms with Crippen LogP contribution in [0.1, 0.15) is 88.0 Å². The molecular formula is C30H41F3N4O3S. The molecule has 2 aromatic rings. The van der Waals surface area contributed by atoms with E-state index in [9.17, 15) is 26.7 Å². The van der Waals surface area contributed by atoms with Gasteiger partial charge in [-0.3, -0.25) is 0 Å². The van der Waals surface area contributed by atoms with Crippen LogP contribution in [0.3, 0.4) is 0 Å². The zero-order chi connectivity index (χ0) is 29.8. The summed E-state index contributed by atoms with van der Waals surface area (Å²) in [5.41, 5.74) is -0.480. The fraction of sp³-hybridized carbons (Fsp3) is 0.667. The van der Waals surface area contributed by atoms with Crippen LogP contribution in [-0.2, 0) is 16.0 Å². The maximum atomic E-state index is 13.9. The summed E-state index contributed by atoms with van der Waals surface area (Å²) in [6.45, 7) is 7.61. The van der Waals surface area contributed by atoms with Gasteiger partial charge in [-0.2, -0.15) is 13.2 Å². The van der Waals surface area contributed by atoms with Crippen LogP contribution in [0.15, 0.2) is 29.3 Å². The molecule has 3 fully saturated rings. The average molecular weight is 595 g/mol. The molecule has 11 heteroatoms. The second-order valence-corrected chi connectivity index (χ2v) is 15.2.